The molecule has 1 aliphatic rings. The van der Waals surface area contributed by atoms with Crippen LogP contribution >= 0.6 is 11.8 Å². The summed E-state index contributed by atoms with van der Waals surface area (Å²) in [4.78, 5) is 17.2. The monoisotopic (exact) mass is 386 g/mol. The summed E-state index contributed by atoms with van der Waals surface area (Å²) in [6, 6.07) is 15.1. The maximum Gasteiger partial charge on any atom is 0.237 e. The number of nitrogens with zero attached hydrogens (tertiary/aromatic N) is 2. The van der Waals surface area contributed by atoms with Crippen molar-refractivity contribution in [2.45, 2.75) is 38.7 Å². The Labute approximate surface area is 165 Å². The SMILES string of the molecule is Cc1ccccc1CN(CC(=O)N1CCS[C@@H]1c1ccc(F)cc1)C(C)C. The molecule has 0 spiro atoms. The highest BCUT2D eigenvalue weighted by Crippen LogP contribution is 2.38. The molecule has 144 valence electrons. The van der Waals surface area contributed by atoms with Gasteiger partial charge in [-0.1, -0.05) is 36.4 Å². The minimum atomic E-state index is -0.246. The first kappa shape index (κ1) is 19.9. The van der Waals surface area contributed by atoms with E-state index in [1.165, 1.54) is 23.3 Å². The van der Waals surface area contributed by atoms with Gasteiger partial charge in [0.2, 0.25) is 5.91 Å². The van der Waals surface area contributed by atoms with E-state index < -0.39 is 0 Å². The molecule has 1 aliphatic heterocycles. The molecule has 2 aromatic rings. The summed E-state index contributed by atoms with van der Waals surface area (Å²) >= 11 is 1.74. The molecular formula is C22H27FN2OS. The number of hydrogen-bond acceptors (Lipinski definition) is 3. The van der Waals surface area contributed by atoms with Crippen molar-refractivity contribution in [2.24, 2.45) is 0 Å². The molecule has 0 saturated carbocycles. The van der Waals surface area contributed by atoms with Crippen LogP contribution in [0.4, 0.5) is 4.39 Å². The molecular weight excluding hydrogens is 359 g/mol. The predicted molar refractivity (Wildman–Crippen MR) is 110 cm³/mol. The topological polar surface area (TPSA) is 23.6 Å². The Bertz CT molecular complexity index is 778. The van der Waals surface area contributed by atoms with Crippen LogP contribution in [0.25, 0.3) is 0 Å². The molecule has 1 fully saturated rings. The first-order valence-electron chi connectivity index (χ1n) is 9.41. The lowest BCUT2D eigenvalue weighted by atomic mass is 10.1. The number of amides is 1. The van der Waals surface area contributed by atoms with E-state index in [1.807, 2.05) is 17.0 Å². The molecule has 3 rings (SSSR count). The molecule has 0 unspecified atom stereocenters. The Kier molecular flexibility index (Phi) is 6.55. The molecule has 1 amide bonds. The van der Waals surface area contributed by atoms with Crippen LogP contribution in [0.5, 0.6) is 0 Å². The van der Waals surface area contributed by atoms with E-state index in [1.54, 1.807) is 23.9 Å². The minimum Gasteiger partial charge on any atom is -0.325 e. The van der Waals surface area contributed by atoms with Crippen molar-refractivity contribution in [3.05, 3.63) is 71.0 Å². The molecule has 0 aliphatic carbocycles. The van der Waals surface area contributed by atoms with Crippen molar-refractivity contribution in [3.63, 3.8) is 0 Å². The minimum absolute atomic E-state index is 0.0226. The number of hydrogen-bond donors (Lipinski definition) is 0. The van der Waals surface area contributed by atoms with E-state index in [0.717, 1.165) is 24.4 Å². The fourth-order valence-electron chi connectivity index (χ4n) is 3.32. The fourth-order valence-corrected chi connectivity index (χ4v) is 4.60. The third kappa shape index (κ3) is 4.90. The van der Waals surface area contributed by atoms with E-state index in [-0.39, 0.29) is 23.1 Å². The van der Waals surface area contributed by atoms with Crippen molar-refractivity contribution >= 4 is 17.7 Å². The average Bonchev–Trinajstić information content (AvgIpc) is 3.13. The smallest absolute Gasteiger partial charge is 0.237 e. The summed E-state index contributed by atoms with van der Waals surface area (Å²) in [6.07, 6.45) is 0. The Hall–Kier alpha value is -1.85. The fraction of sp³-hybridized carbons (Fsp3) is 0.409. The maximum atomic E-state index is 13.2. The highest BCUT2D eigenvalue weighted by molar-refractivity contribution is 7.99. The van der Waals surface area contributed by atoms with Gasteiger partial charge in [0, 0.05) is 24.9 Å². The molecule has 0 radical (unpaired) electrons. The molecule has 1 atom stereocenters. The van der Waals surface area contributed by atoms with Crippen molar-refractivity contribution in [3.8, 4) is 0 Å². The van der Waals surface area contributed by atoms with Crippen molar-refractivity contribution in [2.75, 3.05) is 18.8 Å². The van der Waals surface area contributed by atoms with Crippen LogP contribution in [-0.2, 0) is 11.3 Å². The van der Waals surface area contributed by atoms with Gasteiger partial charge in [-0.25, -0.2) is 4.39 Å². The van der Waals surface area contributed by atoms with Gasteiger partial charge in [-0.05, 0) is 49.6 Å². The van der Waals surface area contributed by atoms with Gasteiger partial charge in [-0.3, -0.25) is 9.69 Å². The van der Waals surface area contributed by atoms with Crippen LogP contribution in [-0.4, -0.2) is 40.6 Å². The second kappa shape index (κ2) is 8.89. The van der Waals surface area contributed by atoms with E-state index >= 15 is 0 Å². The van der Waals surface area contributed by atoms with Crippen LogP contribution < -0.4 is 0 Å². The number of aryl methyl sites for hydroxylation is 1. The van der Waals surface area contributed by atoms with Gasteiger partial charge in [0.25, 0.3) is 0 Å². The molecule has 0 aromatic heterocycles. The standard InChI is InChI=1S/C22H27FN2OS/c1-16(2)24(14-19-7-5-4-6-17(19)3)15-21(26)25-12-13-27-22(25)18-8-10-20(23)11-9-18/h4-11,16,22H,12-15H2,1-3H3/t22-/m1/s1. The lowest BCUT2D eigenvalue weighted by Gasteiger charge is -2.31. The normalized spacial score (nSPS) is 17.1. The molecule has 3 nitrogen and oxygen atoms in total. The van der Waals surface area contributed by atoms with Crippen LogP contribution in [0.3, 0.4) is 0 Å². The largest absolute Gasteiger partial charge is 0.325 e. The van der Waals surface area contributed by atoms with Gasteiger partial charge >= 0.3 is 0 Å². The molecule has 1 heterocycles. The quantitative estimate of drug-likeness (QED) is 0.724. The molecule has 5 heteroatoms. The number of benzene rings is 2. The summed E-state index contributed by atoms with van der Waals surface area (Å²) in [5.74, 6) is 0.799. The number of thioether (sulfide) groups is 1. The van der Waals surface area contributed by atoms with Crippen molar-refractivity contribution < 1.29 is 9.18 Å². The number of carbonyl (C=O) groups excluding carboxylic acids is 1. The Morgan fingerprint density at radius 3 is 2.59 bits per heavy atom. The Morgan fingerprint density at radius 1 is 1.22 bits per heavy atom. The third-order valence-electron chi connectivity index (χ3n) is 5.07. The predicted octanol–water partition coefficient (Wildman–Crippen LogP) is 4.62. The van der Waals surface area contributed by atoms with Gasteiger partial charge < -0.3 is 4.90 Å². The summed E-state index contributed by atoms with van der Waals surface area (Å²) in [6.45, 7) is 8.26. The zero-order valence-corrected chi connectivity index (χ0v) is 17.0. The molecule has 0 N–H and O–H groups in total. The van der Waals surface area contributed by atoms with Gasteiger partial charge in [-0.15, -0.1) is 11.8 Å². The first-order valence-corrected chi connectivity index (χ1v) is 10.5. The van der Waals surface area contributed by atoms with Crippen molar-refractivity contribution in [1.29, 1.82) is 0 Å². The second-order valence-corrected chi connectivity index (χ2v) is 8.48. The number of halogens is 1. The van der Waals surface area contributed by atoms with Crippen LogP contribution in [0.1, 0.15) is 35.9 Å². The van der Waals surface area contributed by atoms with Crippen LogP contribution in [0.2, 0.25) is 0 Å². The van der Waals surface area contributed by atoms with E-state index in [0.29, 0.717) is 6.54 Å². The Balaban J connectivity index is 1.71. The van der Waals surface area contributed by atoms with E-state index in [4.69, 9.17) is 0 Å². The van der Waals surface area contributed by atoms with Crippen LogP contribution in [0.15, 0.2) is 48.5 Å². The highest BCUT2D eigenvalue weighted by atomic mass is 32.2. The number of carbonyl (C=O) groups is 1. The average molecular weight is 387 g/mol. The lowest BCUT2D eigenvalue weighted by Crippen LogP contribution is -2.42. The zero-order chi connectivity index (χ0) is 19.4. The summed E-state index contributed by atoms with van der Waals surface area (Å²) in [5.41, 5.74) is 3.49. The molecule has 0 bridgehead atoms. The van der Waals surface area contributed by atoms with Gasteiger partial charge in [-0.2, -0.15) is 0 Å². The summed E-state index contributed by atoms with van der Waals surface area (Å²) in [5, 5.41) is -0.0226. The third-order valence-corrected chi connectivity index (χ3v) is 6.33. The highest BCUT2D eigenvalue weighted by Gasteiger charge is 2.31. The Morgan fingerprint density at radius 2 is 1.93 bits per heavy atom. The zero-order valence-electron chi connectivity index (χ0n) is 16.2. The van der Waals surface area contributed by atoms with Gasteiger partial charge in [0.05, 0.1) is 6.54 Å². The molecule has 1 saturated heterocycles. The maximum absolute atomic E-state index is 13.2. The van der Waals surface area contributed by atoms with Crippen LogP contribution in [0, 0.1) is 12.7 Å². The second-order valence-electron chi connectivity index (χ2n) is 7.29. The summed E-state index contributed by atoms with van der Waals surface area (Å²) < 4.78 is 13.2. The van der Waals surface area contributed by atoms with E-state index in [9.17, 15) is 9.18 Å². The molecule has 2 aromatic carbocycles. The van der Waals surface area contributed by atoms with E-state index in [2.05, 4.69) is 37.8 Å². The molecule has 27 heavy (non-hydrogen) atoms. The first-order chi connectivity index (χ1) is 13.0. The van der Waals surface area contributed by atoms with Gasteiger partial charge in [0.15, 0.2) is 0 Å². The lowest BCUT2D eigenvalue weighted by molar-refractivity contribution is -0.133. The number of rotatable bonds is 6. The van der Waals surface area contributed by atoms with Gasteiger partial charge in [0.1, 0.15) is 11.2 Å². The summed E-state index contributed by atoms with van der Waals surface area (Å²) in [7, 11) is 0. The van der Waals surface area contributed by atoms with Crippen molar-refractivity contribution in [1.82, 2.24) is 9.80 Å².